The van der Waals surface area contributed by atoms with Gasteiger partial charge in [0.15, 0.2) is 11.5 Å². The second-order valence-corrected chi connectivity index (χ2v) is 10.9. The number of anilines is 1. The van der Waals surface area contributed by atoms with Crippen LogP contribution in [0.2, 0.25) is 0 Å². The number of benzene rings is 2. The van der Waals surface area contributed by atoms with Crippen molar-refractivity contribution in [1.82, 2.24) is 19.5 Å². The van der Waals surface area contributed by atoms with Gasteiger partial charge in [-0.3, -0.25) is 15.1 Å². The Morgan fingerprint density at radius 1 is 1.09 bits per heavy atom. The maximum atomic E-state index is 13.6. The number of amides is 1. The van der Waals surface area contributed by atoms with Gasteiger partial charge in [-0.2, -0.15) is 4.31 Å². The average Bonchev–Trinajstić information content (AvgIpc) is 3.64. The second kappa shape index (κ2) is 8.56. The summed E-state index contributed by atoms with van der Waals surface area (Å²) in [6.07, 6.45) is 2.55. The number of fused-ring (bicyclic) bond motifs is 2. The molecule has 35 heavy (non-hydrogen) atoms. The summed E-state index contributed by atoms with van der Waals surface area (Å²) in [6, 6.07) is 13.2. The number of ether oxygens (including phenoxy) is 2. The van der Waals surface area contributed by atoms with Crippen molar-refractivity contribution in [2.75, 3.05) is 18.7 Å². The van der Waals surface area contributed by atoms with E-state index in [-0.39, 0.29) is 18.2 Å². The Labute approximate surface area is 204 Å². The Hall–Kier alpha value is -3.61. The number of hydrogen-bond acceptors (Lipinski definition) is 9. The monoisotopic (exact) mass is 509 g/mol. The molecular formula is C23H19N5O5S2. The fourth-order valence-corrected chi connectivity index (χ4v) is 6.88. The molecule has 0 radical (unpaired) electrons. The number of carbonyl (C=O) groups excluding carboxylic acids is 1. The lowest BCUT2D eigenvalue weighted by Crippen LogP contribution is -2.43. The van der Waals surface area contributed by atoms with E-state index in [0.717, 1.165) is 10.9 Å². The zero-order valence-corrected chi connectivity index (χ0v) is 19.9. The number of nitrogens with zero attached hydrogens (tertiary/aromatic N) is 4. The molecule has 2 aromatic carbocycles. The van der Waals surface area contributed by atoms with Gasteiger partial charge in [0.25, 0.3) is 0 Å². The van der Waals surface area contributed by atoms with Gasteiger partial charge in [-0.1, -0.05) is 29.5 Å². The lowest BCUT2D eigenvalue weighted by atomic mass is 10.2. The smallest absolute Gasteiger partial charge is 0.245 e. The molecule has 1 atom stereocenters. The molecule has 4 heterocycles. The van der Waals surface area contributed by atoms with E-state index >= 15 is 0 Å². The van der Waals surface area contributed by atoms with E-state index in [1.807, 2.05) is 18.2 Å². The first-order chi connectivity index (χ1) is 17.0. The number of aromatic nitrogens is 3. The molecular weight excluding hydrogens is 490 g/mol. The minimum atomic E-state index is -3.94. The van der Waals surface area contributed by atoms with E-state index in [1.54, 1.807) is 30.5 Å². The number of nitrogens with one attached hydrogen (secondary N) is 1. The largest absolute Gasteiger partial charge is 0.454 e. The van der Waals surface area contributed by atoms with E-state index in [9.17, 15) is 13.2 Å². The van der Waals surface area contributed by atoms with Crippen LogP contribution in [0.5, 0.6) is 11.5 Å². The number of rotatable bonds is 5. The standard InChI is InChI=1S/C23H19N5O5S2/c29-21(25-23-27-26-22(34-23)15-8-9-17-18(12-15)33-13-32-17)16-6-3-11-28(16)35(30,31)19-7-1-4-14-5-2-10-24-20(14)19/h1-2,4-5,7-10,12,16H,3,6,11,13H2,(H,25,27,29). The van der Waals surface area contributed by atoms with Crippen LogP contribution >= 0.6 is 11.3 Å². The van der Waals surface area contributed by atoms with Crippen LogP contribution in [0.4, 0.5) is 5.13 Å². The van der Waals surface area contributed by atoms with Crippen LogP contribution in [0.1, 0.15) is 12.8 Å². The van der Waals surface area contributed by atoms with Crippen LogP contribution in [0.25, 0.3) is 21.5 Å². The first kappa shape index (κ1) is 21.9. The SMILES string of the molecule is O=C(Nc1nnc(-c2ccc3c(c2)OCO3)s1)C1CCCN1S(=O)(=O)c1cccc2cccnc12. The van der Waals surface area contributed by atoms with Crippen molar-refractivity contribution >= 4 is 43.3 Å². The summed E-state index contributed by atoms with van der Waals surface area (Å²) in [5, 5.41) is 12.6. The van der Waals surface area contributed by atoms with Crippen molar-refractivity contribution in [1.29, 1.82) is 0 Å². The zero-order valence-electron chi connectivity index (χ0n) is 18.2. The Balaban J connectivity index is 1.23. The van der Waals surface area contributed by atoms with Crippen LogP contribution in [0.3, 0.4) is 0 Å². The maximum absolute atomic E-state index is 13.6. The predicted molar refractivity (Wildman–Crippen MR) is 129 cm³/mol. The Morgan fingerprint density at radius 2 is 1.94 bits per heavy atom. The molecule has 1 N–H and O–H groups in total. The summed E-state index contributed by atoms with van der Waals surface area (Å²) >= 11 is 1.20. The van der Waals surface area contributed by atoms with E-state index in [1.165, 1.54) is 21.7 Å². The molecule has 1 saturated heterocycles. The molecule has 10 nitrogen and oxygen atoms in total. The molecule has 178 valence electrons. The first-order valence-electron chi connectivity index (χ1n) is 10.9. The molecule has 0 bridgehead atoms. The summed E-state index contributed by atoms with van der Waals surface area (Å²) < 4.78 is 39.1. The highest BCUT2D eigenvalue weighted by atomic mass is 32.2. The summed E-state index contributed by atoms with van der Waals surface area (Å²) in [6.45, 7) is 0.425. The first-order valence-corrected chi connectivity index (χ1v) is 13.2. The maximum Gasteiger partial charge on any atom is 0.245 e. The Bertz CT molecular complexity index is 1550. The molecule has 12 heteroatoms. The van der Waals surface area contributed by atoms with Gasteiger partial charge in [-0.15, -0.1) is 10.2 Å². The predicted octanol–water partition coefficient (Wildman–Crippen LogP) is 3.27. The quantitative estimate of drug-likeness (QED) is 0.435. The average molecular weight is 510 g/mol. The number of pyridine rings is 1. The van der Waals surface area contributed by atoms with Gasteiger partial charge >= 0.3 is 0 Å². The third-order valence-corrected chi connectivity index (χ3v) is 8.79. The topological polar surface area (TPSA) is 124 Å². The van der Waals surface area contributed by atoms with Crippen LogP contribution in [-0.2, 0) is 14.8 Å². The summed E-state index contributed by atoms with van der Waals surface area (Å²) in [5.74, 6) is 0.849. The third-order valence-electron chi connectivity index (χ3n) is 5.96. The van der Waals surface area contributed by atoms with Gasteiger partial charge in [0.1, 0.15) is 15.9 Å². The van der Waals surface area contributed by atoms with Crippen LogP contribution in [-0.4, -0.2) is 53.2 Å². The van der Waals surface area contributed by atoms with E-state index in [4.69, 9.17) is 9.47 Å². The lowest BCUT2D eigenvalue weighted by molar-refractivity contribution is -0.119. The molecule has 1 amide bonds. The lowest BCUT2D eigenvalue weighted by Gasteiger charge is -2.23. The normalized spacial score (nSPS) is 17.7. The fourth-order valence-electron chi connectivity index (χ4n) is 4.31. The minimum Gasteiger partial charge on any atom is -0.454 e. The summed E-state index contributed by atoms with van der Waals surface area (Å²) in [4.78, 5) is 17.5. The molecule has 1 unspecified atom stereocenters. The van der Waals surface area contributed by atoms with Gasteiger partial charge in [0.2, 0.25) is 27.9 Å². The molecule has 2 aliphatic rings. The molecule has 4 aromatic rings. The van der Waals surface area contributed by atoms with Crippen LogP contribution < -0.4 is 14.8 Å². The molecule has 1 fully saturated rings. The summed E-state index contributed by atoms with van der Waals surface area (Å²) in [5.41, 5.74) is 1.17. The number of para-hydroxylation sites is 1. The van der Waals surface area contributed by atoms with Gasteiger partial charge in [0.05, 0.1) is 5.52 Å². The minimum absolute atomic E-state index is 0.0938. The van der Waals surface area contributed by atoms with Crippen molar-refractivity contribution in [3.8, 4) is 22.1 Å². The third kappa shape index (κ3) is 3.89. The Kier molecular flexibility index (Phi) is 5.35. The Morgan fingerprint density at radius 3 is 2.86 bits per heavy atom. The molecule has 0 spiro atoms. The van der Waals surface area contributed by atoms with Gasteiger partial charge in [-0.25, -0.2) is 8.42 Å². The van der Waals surface area contributed by atoms with E-state index in [2.05, 4.69) is 20.5 Å². The number of carbonyl (C=O) groups is 1. The van der Waals surface area contributed by atoms with Crippen LogP contribution in [0.15, 0.2) is 59.6 Å². The molecule has 0 aliphatic carbocycles. The highest BCUT2D eigenvalue weighted by Crippen LogP contribution is 2.37. The van der Waals surface area contributed by atoms with Crippen LogP contribution in [0, 0.1) is 0 Å². The van der Waals surface area contributed by atoms with E-state index < -0.39 is 22.0 Å². The number of hydrogen-bond donors (Lipinski definition) is 1. The van der Waals surface area contributed by atoms with Gasteiger partial charge in [-0.05, 0) is 43.2 Å². The number of sulfonamides is 1. The van der Waals surface area contributed by atoms with Crippen molar-refractivity contribution in [2.45, 2.75) is 23.8 Å². The zero-order chi connectivity index (χ0) is 24.0. The van der Waals surface area contributed by atoms with Gasteiger partial charge in [0, 0.05) is 23.7 Å². The van der Waals surface area contributed by atoms with Crippen molar-refractivity contribution in [3.63, 3.8) is 0 Å². The van der Waals surface area contributed by atoms with Crippen molar-refractivity contribution < 1.29 is 22.7 Å². The van der Waals surface area contributed by atoms with Crippen molar-refractivity contribution in [2.24, 2.45) is 0 Å². The highest BCUT2D eigenvalue weighted by Gasteiger charge is 2.40. The second-order valence-electron chi connectivity index (χ2n) is 8.07. The summed E-state index contributed by atoms with van der Waals surface area (Å²) in [7, 11) is -3.94. The highest BCUT2D eigenvalue weighted by molar-refractivity contribution is 7.89. The fraction of sp³-hybridized carbons (Fsp3) is 0.217. The molecule has 6 rings (SSSR count). The molecule has 0 saturated carbocycles. The van der Waals surface area contributed by atoms with Crippen molar-refractivity contribution in [3.05, 3.63) is 54.7 Å². The van der Waals surface area contributed by atoms with E-state index in [0.29, 0.717) is 40.0 Å². The molecule has 2 aliphatic heterocycles. The van der Waals surface area contributed by atoms with Gasteiger partial charge < -0.3 is 9.47 Å². The molecule has 2 aromatic heterocycles.